The average Bonchev–Trinajstić information content (AvgIpc) is 3.04. The maximum atomic E-state index is 11.9. The normalized spacial score (nSPS) is 11.2. The van der Waals surface area contributed by atoms with Crippen LogP contribution < -0.4 is 5.32 Å². The molecule has 0 radical (unpaired) electrons. The van der Waals surface area contributed by atoms with Crippen LogP contribution in [0.1, 0.15) is 11.5 Å². The Labute approximate surface area is 136 Å². The van der Waals surface area contributed by atoms with Crippen LogP contribution in [0.15, 0.2) is 43.3 Å². The zero-order valence-electron chi connectivity index (χ0n) is 10.0. The molecule has 0 aliphatic heterocycles. The number of furan rings is 2. The number of hydrogen-bond acceptors (Lipinski definition) is 4. The summed E-state index contributed by atoms with van der Waals surface area (Å²) in [7, 11) is 0. The van der Waals surface area contributed by atoms with E-state index in [2.05, 4.69) is 21.2 Å². The lowest BCUT2D eigenvalue weighted by atomic mass is 10.2. The van der Waals surface area contributed by atoms with Gasteiger partial charge < -0.3 is 14.2 Å². The summed E-state index contributed by atoms with van der Waals surface area (Å²) in [5.41, 5.74) is -0.0331. The van der Waals surface area contributed by atoms with Crippen LogP contribution in [0.25, 0.3) is 6.08 Å². The number of hydrogen-bond donors (Lipinski definition) is 1. The third-order valence-corrected chi connectivity index (χ3v) is 4.45. The first-order valence-corrected chi connectivity index (χ1v) is 7.34. The van der Waals surface area contributed by atoms with Crippen molar-refractivity contribution in [3.63, 3.8) is 0 Å². The van der Waals surface area contributed by atoms with Gasteiger partial charge in [0.15, 0.2) is 3.77 Å². The number of nitrogens with one attached hydrogen (secondary N) is 1. The molecule has 7 heteroatoms. The summed E-state index contributed by atoms with van der Waals surface area (Å²) in [4.78, 5) is 11.9. The summed E-state index contributed by atoms with van der Waals surface area (Å²) in [6.07, 6.45) is 2.91. The van der Waals surface area contributed by atoms with E-state index >= 15 is 0 Å². The smallest absolute Gasteiger partial charge is 0.262 e. The van der Waals surface area contributed by atoms with Gasteiger partial charge in [0.25, 0.3) is 5.91 Å². The molecule has 20 heavy (non-hydrogen) atoms. The molecule has 0 unspecified atom stereocenters. The Morgan fingerprint density at radius 2 is 2.40 bits per heavy atom. The molecule has 0 aliphatic rings. The van der Waals surface area contributed by atoms with E-state index in [0.29, 0.717) is 15.3 Å². The Bertz CT molecular complexity index is 664. The molecule has 2 aromatic heterocycles. The van der Waals surface area contributed by atoms with Crippen molar-refractivity contribution in [1.82, 2.24) is 5.32 Å². The number of nitrogens with zero attached hydrogens (tertiary/aromatic N) is 1. The van der Waals surface area contributed by atoms with Crippen LogP contribution in [0.3, 0.4) is 0 Å². The van der Waals surface area contributed by atoms with E-state index in [0.717, 1.165) is 4.47 Å². The first-order chi connectivity index (χ1) is 9.60. The first-order valence-electron chi connectivity index (χ1n) is 5.47. The molecule has 1 amide bonds. The van der Waals surface area contributed by atoms with E-state index in [-0.39, 0.29) is 12.1 Å². The minimum atomic E-state index is -0.480. The third-order valence-electron chi connectivity index (χ3n) is 2.32. The number of carbonyl (C=O) groups is 1. The zero-order valence-corrected chi connectivity index (χ0v) is 13.8. The zero-order chi connectivity index (χ0) is 14.5. The molecular weight excluding hydrogens is 439 g/mol. The predicted octanol–water partition coefficient (Wildman–Crippen LogP) is 3.46. The molecule has 0 atom stereocenters. The van der Waals surface area contributed by atoms with E-state index in [4.69, 9.17) is 14.1 Å². The van der Waals surface area contributed by atoms with Gasteiger partial charge in [0.05, 0.1) is 17.3 Å². The van der Waals surface area contributed by atoms with E-state index in [1.165, 1.54) is 12.3 Å². The molecule has 0 spiro atoms. The lowest BCUT2D eigenvalue weighted by Crippen LogP contribution is -2.23. The van der Waals surface area contributed by atoms with Gasteiger partial charge in [-0.15, -0.1) is 0 Å². The van der Waals surface area contributed by atoms with Gasteiger partial charge in [0.1, 0.15) is 23.2 Å². The quantitative estimate of drug-likeness (QED) is 0.443. The van der Waals surface area contributed by atoms with Gasteiger partial charge in [-0.25, -0.2) is 0 Å². The van der Waals surface area contributed by atoms with Gasteiger partial charge in [0, 0.05) is 28.7 Å². The van der Waals surface area contributed by atoms with Crippen LogP contribution in [-0.2, 0) is 11.3 Å². The second-order valence-corrected chi connectivity index (χ2v) is 5.54. The largest absolute Gasteiger partial charge is 0.467 e. The lowest BCUT2D eigenvalue weighted by molar-refractivity contribution is -0.117. The van der Waals surface area contributed by atoms with Crippen molar-refractivity contribution in [1.29, 1.82) is 5.26 Å². The van der Waals surface area contributed by atoms with E-state index in [1.54, 1.807) is 18.2 Å². The van der Waals surface area contributed by atoms with Crippen LogP contribution >= 0.6 is 38.5 Å². The second-order valence-electron chi connectivity index (χ2n) is 3.70. The van der Waals surface area contributed by atoms with Crippen LogP contribution in [0.2, 0.25) is 0 Å². The highest BCUT2D eigenvalue weighted by molar-refractivity contribution is 14.1. The number of carbonyl (C=O) groups excluding carboxylic acids is 1. The molecule has 2 rings (SSSR count). The monoisotopic (exact) mass is 446 g/mol. The maximum Gasteiger partial charge on any atom is 0.262 e. The number of halogens is 2. The van der Waals surface area contributed by atoms with E-state index in [1.807, 2.05) is 28.7 Å². The fourth-order valence-corrected chi connectivity index (χ4v) is 2.12. The molecule has 0 bridgehead atoms. The Hall–Kier alpha value is -1.53. The average molecular weight is 447 g/mol. The highest BCUT2D eigenvalue weighted by Crippen LogP contribution is 2.24. The molecule has 0 fully saturated rings. The SMILES string of the molecule is N#C/C(=C/c1cc(Br)c(I)o1)C(=O)NCc1ccco1. The summed E-state index contributed by atoms with van der Waals surface area (Å²) in [5, 5.41) is 11.6. The van der Waals surface area contributed by atoms with Gasteiger partial charge in [-0.2, -0.15) is 5.26 Å². The Balaban J connectivity index is 2.07. The summed E-state index contributed by atoms with van der Waals surface area (Å²) in [5.74, 6) is 0.573. The second kappa shape index (κ2) is 6.76. The molecule has 1 N–H and O–H groups in total. The van der Waals surface area contributed by atoms with Crippen molar-refractivity contribution in [2.75, 3.05) is 0 Å². The van der Waals surface area contributed by atoms with Crippen molar-refractivity contribution < 1.29 is 13.6 Å². The van der Waals surface area contributed by atoms with Gasteiger partial charge in [0.2, 0.25) is 0 Å². The van der Waals surface area contributed by atoms with Gasteiger partial charge in [-0.3, -0.25) is 4.79 Å². The molecule has 0 saturated heterocycles. The van der Waals surface area contributed by atoms with Crippen molar-refractivity contribution in [3.05, 3.63) is 49.8 Å². The number of nitriles is 1. The molecule has 0 aromatic carbocycles. The number of rotatable bonds is 4. The molecule has 2 heterocycles. The third kappa shape index (κ3) is 3.74. The molecule has 0 saturated carbocycles. The summed E-state index contributed by atoms with van der Waals surface area (Å²) in [6.45, 7) is 0.226. The molecule has 0 aliphatic carbocycles. The Kier molecular flexibility index (Phi) is 5.03. The summed E-state index contributed by atoms with van der Waals surface area (Å²) >= 11 is 5.30. The maximum absolute atomic E-state index is 11.9. The van der Waals surface area contributed by atoms with Crippen molar-refractivity contribution in [2.45, 2.75) is 6.54 Å². The van der Waals surface area contributed by atoms with E-state index < -0.39 is 5.91 Å². The first kappa shape index (κ1) is 14.9. The Morgan fingerprint density at radius 1 is 1.60 bits per heavy atom. The van der Waals surface area contributed by atoms with E-state index in [9.17, 15) is 4.79 Å². The van der Waals surface area contributed by atoms with Crippen molar-refractivity contribution in [3.8, 4) is 6.07 Å². The fraction of sp³-hybridized carbons (Fsp3) is 0.0769. The molecule has 2 aromatic rings. The van der Waals surface area contributed by atoms with Crippen molar-refractivity contribution >= 4 is 50.5 Å². The topological polar surface area (TPSA) is 79.2 Å². The molecule has 5 nitrogen and oxygen atoms in total. The molecular formula is C13H8BrIN2O3. The Morgan fingerprint density at radius 3 is 2.95 bits per heavy atom. The summed E-state index contributed by atoms with van der Waals surface area (Å²) in [6, 6.07) is 7.01. The van der Waals surface area contributed by atoms with Crippen LogP contribution in [-0.4, -0.2) is 5.91 Å². The number of amides is 1. The van der Waals surface area contributed by atoms with Gasteiger partial charge in [-0.1, -0.05) is 0 Å². The van der Waals surface area contributed by atoms with Crippen LogP contribution in [0.4, 0.5) is 0 Å². The summed E-state index contributed by atoms with van der Waals surface area (Å²) < 4.78 is 11.9. The highest BCUT2D eigenvalue weighted by Gasteiger charge is 2.12. The van der Waals surface area contributed by atoms with Gasteiger partial charge in [-0.05, 0) is 34.1 Å². The van der Waals surface area contributed by atoms with Gasteiger partial charge >= 0.3 is 0 Å². The highest BCUT2D eigenvalue weighted by atomic mass is 127. The minimum Gasteiger partial charge on any atom is -0.467 e. The minimum absolute atomic E-state index is 0.0331. The standard InChI is InChI=1S/C13H8BrIN2O3/c14-11-5-10(20-12(11)15)4-8(6-16)13(18)17-7-9-2-1-3-19-9/h1-5H,7H2,(H,17,18)/b8-4-. The van der Waals surface area contributed by atoms with Crippen LogP contribution in [0.5, 0.6) is 0 Å². The predicted molar refractivity (Wildman–Crippen MR) is 83.3 cm³/mol. The van der Waals surface area contributed by atoms with Crippen molar-refractivity contribution in [2.24, 2.45) is 0 Å². The molecule has 102 valence electrons. The van der Waals surface area contributed by atoms with Crippen LogP contribution in [0, 0.1) is 15.1 Å². The fourth-order valence-electron chi connectivity index (χ4n) is 1.40. The lowest BCUT2D eigenvalue weighted by Gasteiger charge is -2.01.